The third kappa shape index (κ3) is 6.35. The lowest BCUT2D eigenvalue weighted by atomic mass is 10.0. The fourth-order valence-corrected chi connectivity index (χ4v) is 1.95. The lowest BCUT2D eigenvalue weighted by molar-refractivity contribution is -0.133. The number of carbonyl (C=O) groups is 2. The molecule has 0 bridgehead atoms. The highest BCUT2D eigenvalue weighted by Crippen LogP contribution is 2.29. The molecule has 1 aromatic rings. The van der Waals surface area contributed by atoms with E-state index in [9.17, 15) is 27.2 Å². The van der Waals surface area contributed by atoms with Gasteiger partial charge >= 0.3 is 12.3 Å². The molecule has 0 saturated heterocycles. The predicted molar refractivity (Wildman–Crippen MR) is 80.9 cm³/mol. The van der Waals surface area contributed by atoms with Crippen LogP contribution in [0.5, 0.6) is 0 Å². The number of benzene rings is 1. The van der Waals surface area contributed by atoms with Crippen LogP contribution in [0.2, 0.25) is 5.02 Å². The van der Waals surface area contributed by atoms with Gasteiger partial charge in [0.1, 0.15) is 5.60 Å². The van der Waals surface area contributed by atoms with Crippen LogP contribution in [0, 0.1) is 5.82 Å². The molecular weight excluding hydrogens is 354 g/mol. The topological polar surface area (TPSA) is 55.4 Å². The summed E-state index contributed by atoms with van der Waals surface area (Å²) in [5.41, 5.74) is -1.95. The van der Waals surface area contributed by atoms with Gasteiger partial charge in [0.05, 0.1) is 22.7 Å². The van der Waals surface area contributed by atoms with Crippen LogP contribution in [0.25, 0.3) is 0 Å². The molecule has 0 saturated carbocycles. The highest BCUT2D eigenvalue weighted by atomic mass is 35.5. The van der Waals surface area contributed by atoms with E-state index in [0.29, 0.717) is 0 Å². The summed E-state index contributed by atoms with van der Waals surface area (Å²) in [7, 11) is 0. The van der Waals surface area contributed by atoms with E-state index in [1.807, 2.05) is 0 Å². The third-order valence-corrected chi connectivity index (χ3v) is 2.96. The lowest BCUT2D eigenvalue weighted by Gasteiger charge is -2.20. The van der Waals surface area contributed by atoms with E-state index in [0.717, 1.165) is 12.1 Å². The number of anilines is 1. The first-order chi connectivity index (χ1) is 10.8. The summed E-state index contributed by atoms with van der Waals surface area (Å²) in [6, 6.07) is 2.19. The molecule has 24 heavy (non-hydrogen) atoms. The molecule has 0 aliphatic carbocycles. The molecule has 0 aromatic heterocycles. The second-order valence-electron chi connectivity index (χ2n) is 5.95. The van der Waals surface area contributed by atoms with Crippen molar-refractivity contribution in [3.8, 4) is 0 Å². The standard InChI is InChI=1S/C15H16ClF4NO3/c1-14(2,3)24-13(23)21-9-5-4-8(16)11(12(9)17)10(22)6-7-15(18,19)20/h4-5H,6-7H2,1-3H3,(H,21,23). The Labute approximate surface area is 141 Å². The first-order valence-corrected chi connectivity index (χ1v) is 7.26. The number of ketones is 1. The molecule has 0 spiro atoms. The fraction of sp³-hybridized carbons (Fsp3) is 0.467. The lowest BCUT2D eigenvalue weighted by Crippen LogP contribution is -2.27. The van der Waals surface area contributed by atoms with E-state index >= 15 is 0 Å². The van der Waals surface area contributed by atoms with E-state index in [4.69, 9.17) is 16.3 Å². The van der Waals surface area contributed by atoms with E-state index in [1.165, 1.54) is 0 Å². The smallest absolute Gasteiger partial charge is 0.412 e. The van der Waals surface area contributed by atoms with Crippen molar-refractivity contribution in [1.82, 2.24) is 0 Å². The van der Waals surface area contributed by atoms with Gasteiger partial charge in [-0.05, 0) is 32.9 Å². The van der Waals surface area contributed by atoms with Crippen molar-refractivity contribution >= 4 is 29.2 Å². The zero-order chi connectivity index (χ0) is 18.7. The average molecular weight is 370 g/mol. The van der Waals surface area contributed by atoms with E-state index < -0.39 is 53.6 Å². The molecule has 1 rings (SSSR count). The van der Waals surface area contributed by atoms with Crippen molar-refractivity contribution in [2.24, 2.45) is 0 Å². The largest absolute Gasteiger partial charge is 0.444 e. The van der Waals surface area contributed by atoms with Crippen molar-refractivity contribution in [2.45, 2.75) is 45.4 Å². The van der Waals surface area contributed by atoms with Crippen LogP contribution >= 0.6 is 11.6 Å². The normalized spacial score (nSPS) is 12.0. The summed E-state index contributed by atoms with van der Waals surface area (Å²) in [4.78, 5) is 23.5. The summed E-state index contributed by atoms with van der Waals surface area (Å²) in [6.07, 6.45) is -7.87. The molecule has 0 radical (unpaired) electrons. The molecular formula is C15H16ClF4NO3. The predicted octanol–water partition coefficient (Wildman–Crippen LogP) is 5.35. The van der Waals surface area contributed by atoms with Gasteiger partial charge in [0.25, 0.3) is 0 Å². The number of amides is 1. The first kappa shape index (κ1) is 20.2. The van der Waals surface area contributed by atoms with Crippen molar-refractivity contribution in [3.05, 3.63) is 28.5 Å². The second kappa shape index (κ2) is 7.38. The number of rotatable bonds is 4. The molecule has 0 aliphatic rings. The molecule has 134 valence electrons. The van der Waals surface area contributed by atoms with Gasteiger partial charge in [0.15, 0.2) is 11.6 Å². The summed E-state index contributed by atoms with van der Waals surface area (Å²) >= 11 is 5.70. The summed E-state index contributed by atoms with van der Waals surface area (Å²) in [5, 5.41) is 1.75. The molecule has 1 aromatic carbocycles. The molecule has 0 unspecified atom stereocenters. The second-order valence-corrected chi connectivity index (χ2v) is 6.36. The molecule has 0 aliphatic heterocycles. The van der Waals surface area contributed by atoms with Gasteiger partial charge in [0, 0.05) is 6.42 Å². The van der Waals surface area contributed by atoms with Gasteiger partial charge in [-0.1, -0.05) is 11.6 Å². The maximum absolute atomic E-state index is 14.3. The minimum Gasteiger partial charge on any atom is -0.444 e. The Morgan fingerprint density at radius 2 is 1.79 bits per heavy atom. The van der Waals surface area contributed by atoms with Crippen molar-refractivity contribution in [3.63, 3.8) is 0 Å². The molecule has 1 N–H and O–H groups in total. The zero-order valence-corrected chi connectivity index (χ0v) is 13.9. The van der Waals surface area contributed by atoms with Gasteiger partial charge in [-0.15, -0.1) is 0 Å². The SMILES string of the molecule is CC(C)(C)OC(=O)Nc1ccc(Cl)c(C(=O)CCC(F)(F)F)c1F. The Morgan fingerprint density at radius 1 is 1.21 bits per heavy atom. The van der Waals surface area contributed by atoms with Crippen molar-refractivity contribution in [1.29, 1.82) is 0 Å². The summed E-state index contributed by atoms with van der Waals surface area (Å²) in [6.45, 7) is 4.78. The van der Waals surface area contributed by atoms with Crippen LogP contribution in [0.15, 0.2) is 12.1 Å². The van der Waals surface area contributed by atoms with E-state index in [2.05, 4.69) is 5.32 Å². The van der Waals surface area contributed by atoms with Crippen LogP contribution in [-0.4, -0.2) is 23.7 Å². The Balaban J connectivity index is 2.99. The van der Waals surface area contributed by atoms with Crippen molar-refractivity contribution in [2.75, 3.05) is 5.32 Å². The van der Waals surface area contributed by atoms with Gasteiger partial charge in [-0.25, -0.2) is 9.18 Å². The highest BCUT2D eigenvalue weighted by Gasteiger charge is 2.30. The van der Waals surface area contributed by atoms with Crippen LogP contribution < -0.4 is 5.32 Å². The molecule has 4 nitrogen and oxygen atoms in total. The quantitative estimate of drug-likeness (QED) is 0.575. The monoisotopic (exact) mass is 369 g/mol. The Bertz CT molecular complexity index is 639. The number of hydrogen-bond donors (Lipinski definition) is 1. The van der Waals surface area contributed by atoms with Crippen LogP contribution in [0.4, 0.5) is 28.0 Å². The molecule has 0 fully saturated rings. The minimum absolute atomic E-state index is 0.339. The molecule has 0 heterocycles. The summed E-state index contributed by atoms with van der Waals surface area (Å²) < 4.78 is 55.8. The third-order valence-electron chi connectivity index (χ3n) is 2.64. The molecule has 9 heteroatoms. The van der Waals surface area contributed by atoms with Crippen LogP contribution in [-0.2, 0) is 4.74 Å². The van der Waals surface area contributed by atoms with E-state index in [-0.39, 0.29) is 5.02 Å². The van der Waals surface area contributed by atoms with Gasteiger partial charge in [-0.2, -0.15) is 13.2 Å². The van der Waals surface area contributed by atoms with Gasteiger partial charge < -0.3 is 4.74 Å². The van der Waals surface area contributed by atoms with E-state index in [1.54, 1.807) is 20.8 Å². The van der Waals surface area contributed by atoms with Crippen molar-refractivity contribution < 1.29 is 31.9 Å². The molecule has 1 amide bonds. The Morgan fingerprint density at radius 3 is 2.29 bits per heavy atom. The Hall–Kier alpha value is -1.83. The van der Waals surface area contributed by atoms with Crippen LogP contribution in [0.3, 0.4) is 0 Å². The maximum Gasteiger partial charge on any atom is 0.412 e. The number of Topliss-reactive ketones (excluding diaryl/α,β-unsaturated/α-hetero) is 1. The fourth-order valence-electron chi connectivity index (χ4n) is 1.70. The zero-order valence-electron chi connectivity index (χ0n) is 13.2. The number of hydrogen-bond acceptors (Lipinski definition) is 3. The van der Waals surface area contributed by atoms with Gasteiger partial charge in [0.2, 0.25) is 0 Å². The minimum atomic E-state index is -4.55. The van der Waals surface area contributed by atoms with Gasteiger partial charge in [-0.3, -0.25) is 10.1 Å². The number of ether oxygens (including phenoxy) is 1. The van der Waals surface area contributed by atoms with Crippen LogP contribution in [0.1, 0.15) is 44.0 Å². The average Bonchev–Trinajstić information content (AvgIpc) is 2.37. The Kier molecular flexibility index (Phi) is 6.21. The maximum atomic E-state index is 14.3. The highest BCUT2D eigenvalue weighted by molar-refractivity contribution is 6.34. The number of nitrogens with one attached hydrogen (secondary N) is 1. The molecule has 0 atom stereocenters. The summed E-state index contributed by atoms with van der Waals surface area (Å²) in [5.74, 6) is -2.32. The first-order valence-electron chi connectivity index (χ1n) is 6.88. The number of alkyl halides is 3. The number of halogens is 5. The number of carbonyl (C=O) groups excluding carboxylic acids is 2.